The van der Waals surface area contributed by atoms with E-state index in [1.807, 2.05) is 0 Å². The van der Waals surface area contributed by atoms with Crippen LogP contribution in [0.5, 0.6) is 0 Å². The van der Waals surface area contributed by atoms with Gasteiger partial charge in [0.1, 0.15) is 0 Å². The van der Waals surface area contributed by atoms with E-state index in [2.05, 4.69) is 237 Å². The van der Waals surface area contributed by atoms with E-state index < -0.39 is 0 Å². The third-order valence-corrected chi connectivity index (χ3v) is 17.8. The molecule has 0 N–H and O–H groups in total. The molecule has 5 aliphatic rings. The zero-order valence-corrected chi connectivity index (χ0v) is 44.0. The van der Waals surface area contributed by atoms with Crippen molar-refractivity contribution in [3.05, 3.63) is 159 Å². The summed E-state index contributed by atoms with van der Waals surface area (Å²) in [5.74, 6) is 0. The third-order valence-electron chi connectivity index (χ3n) is 17.8. The molecular weight excluding hydrogens is 808 g/mol. The Morgan fingerprint density at radius 3 is 1.27 bits per heavy atom. The third kappa shape index (κ3) is 6.41. The lowest BCUT2D eigenvalue weighted by Crippen LogP contribution is -2.61. The molecule has 6 aromatic carbocycles. The van der Waals surface area contributed by atoms with Gasteiger partial charge >= 0.3 is 0 Å². The van der Waals surface area contributed by atoms with E-state index in [1.54, 1.807) is 0 Å². The van der Waals surface area contributed by atoms with E-state index in [1.165, 1.54) is 101 Å². The summed E-state index contributed by atoms with van der Waals surface area (Å²) >= 11 is 0. The molecule has 0 saturated heterocycles. The largest absolute Gasteiger partial charge is 0.311 e. The molecule has 2 aliphatic heterocycles. The average Bonchev–Trinajstić information content (AvgIpc) is 3.64. The number of nitrogens with zero attached hydrogens (tertiary/aromatic N) is 2. The van der Waals surface area contributed by atoms with Gasteiger partial charge in [-0.25, -0.2) is 0 Å². The summed E-state index contributed by atoms with van der Waals surface area (Å²) in [5.41, 5.74) is 25.2. The molecule has 11 rings (SSSR count). The smallest absolute Gasteiger partial charge is 0.252 e. The van der Waals surface area contributed by atoms with Crippen molar-refractivity contribution in [3.8, 4) is 0 Å². The molecule has 2 nitrogen and oxygen atoms in total. The molecule has 0 bridgehead atoms. The van der Waals surface area contributed by atoms with Gasteiger partial charge in [0.15, 0.2) is 0 Å². The molecular formula is C64H75BN2. The van der Waals surface area contributed by atoms with Crippen LogP contribution in [0.15, 0.2) is 109 Å². The Kier molecular flexibility index (Phi) is 9.04. The van der Waals surface area contributed by atoms with Crippen molar-refractivity contribution in [3.63, 3.8) is 0 Å². The Bertz CT molecular complexity index is 3070. The van der Waals surface area contributed by atoms with Gasteiger partial charge in [0, 0.05) is 39.5 Å². The van der Waals surface area contributed by atoms with Gasteiger partial charge in [0.2, 0.25) is 0 Å². The van der Waals surface area contributed by atoms with Crippen LogP contribution >= 0.6 is 0 Å². The maximum absolute atomic E-state index is 2.72. The van der Waals surface area contributed by atoms with Crippen LogP contribution in [0.1, 0.15) is 187 Å². The predicted molar refractivity (Wildman–Crippen MR) is 290 cm³/mol. The van der Waals surface area contributed by atoms with E-state index in [0.29, 0.717) is 0 Å². The fraction of sp³-hybridized carbons (Fsp3) is 0.438. The number of rotatable bonds is 4. The lowest BCUT2D eigenvalue weighted by Gasteiger charge is -2.46. The molecule has 0 aromatic heterocycles. The van der Waals surface area contributed by atoms with Crippen LogP contribution in [-0.2, 0) is 43.3 Å². The lowest BCUT2D eigenvalue weighted by molar-refractivity contribution is 0.402. The van der Waals surface area contributed by atoms with E-state index in [0.717, 1.165) is 19.3 Å². The number of anilines is 6. The summed E-state index contributed by atoms with van der Waals surface area (Å²) in [6.07, 6.45) is 3.41. The molecule has 67 heavy (non-hydrogen) atoms. The molecule has 0 radical (unpaired) electrons. The highest BCUT2D eigenvalue weighted by Gasteiger charge is 2.50. The summed E-state index contributed by atoms with van der Waals surface area (Å²) in [6.45, 7) is 41.6. The zero-order valence-electron chi connectivity index (χ0n) is 44.0. The molecule has 0 fully saturated rings. The van der Waals surface area contributed by atoms with Gasteiger partial charge < -0.3 is 9.80 Å². The van der Waals surface area contributed by atoms with Crippen molar-refractivity contribution >= 4 is 57.2 Å². The van der Waals surface area contributed by atoms with Gasteiger partial charge in [-0.2, -0.15) is 0 Å². The molecule has 0 spiro atoms. The Morgan fingerprint density at radius 2 is 0.791 bits per heavy atom. The molecule has 0 saturated carbocycles. The number of fused-ring (bicyclic) bond motifs is 7. The highest BCUT2D eigenvalue weighted by Crippen LogP contribution is 2.56. The van der Waals surface area contributed by atoms with Crippen LogP contribution in [0, 0.1) is 0 Å². The van der Waals surface area contributed by atoms with Crippen LogP contribution in [0.3, 0.4) is 0 Å². The Hall–Kier alpha value is -5.02. The van der Waals surface area contributed by atoms with Crippen molar-refractivity contribution in [2.75, 3.05) is 9.80 Å². The maximum atomic E-state index is 2.72. The predicted octanol–water partition coefficient (Wildman–Crippen LogP) is 15.3. The van der Waals surface area contributed by atoms with Crippen molar-refractivity contribution in [2.45, 2.75) is 180 Å². The first-order valence-corrected chi connectivity index (χ1v) is 25.5. The molecule has 6 aromatic rings. The lowest BCUT2D eigenvalue weighted by atomic mass is 9.33. The van der Waals surface area contributed by atoms with Crippen molar-refractivity contribution in [1.29, 1.82) is 0 Å². The maximum Gasteiger partial charge on any atom is 0.252 e. The molecule has 3 aliphatic carbocycles. The molecule has 344 valence electrons. The number of hydrogen-bond donors (Lipinski definition) is 0. The van der Waals surface area contributed by atoms with Crippen LogP contribution in [0.4, 0.5) is 34.1 Å². The fourth-order valence-electron chi connectivity index (χ4n) is 15.1. The minimum absolute atomic E-state index is 0.0461. The second-order valence-electron chi connectivity index (χ2n) is 27.3. The minimum Gasteiger partial charge on any atom is -0.311 e. The zero-order chi connectivity index (χ0) is 48.0. The minimum atomic E-state index is -0.210. The molecule has 0 unspecified atom stereocenters. The van der Waals surface area contributed by atoms with Crippen LogP contribution in [0.25, 0.3) is 0 Å². The highest BCUT2D eigenvalue weighted by atomic mass is 15.2. The first kappa shape index (κ1) is 44.5. The average molecular weight is 883 g/mol. The molecule has 0 amide bonds. The summed E-state index contributed by atoms with van der Waals surface area (Å²) in [4.78, 5) is 5.41. The van der Waals surface area contributed by atoms with E-state index >= 15 is 0 Å². The molecule has 2 heterocycles. The Morgan fingerprint density at radius 1 is 0.373 bits per heavy atom. The van der Waals surface area contributed by atoms with Gasteiger partial charge in [-0.1, -0.05) is 178 Å². The first-order chi connectivity index (χ1) is 31.0. The second kappa shape index (κ2) is 13.6. The summed E-state index contributed by atoms with van der Waals surface area (Å²) in [6, 6.07) is 44.2. The van der Waals surface area contributed by atoms with E-state index in [-0.39, 0.29) is 50.0 Å². The van der Waals surface area contributed by atoms with Gasteiger partial charge in [0.25, 0.3) is 6.71 Å². The Balaban J connectivity index is 1.27. The van der Waals surface area contributed by atoms with E-state index in [9.17, 15) is 0 Å². The van der Waals surface area contributed by atoms with Crippen LogP contribution < -0.4 is 26.2 Å². The van der Waals surface area contributed by atoms with Gasteiger partial charge in [-0.05, 0) is 172 Å². The number of hydrogen-bond acceptors (Lipinski definition) is 2. The Labute approximate surface area is 404 Å². The molecule has 0 atom stereocenters. The fourth-order valence-corrected chi connectivity index (χ4v) is 15.1. The topological polar surface area (TPSA) is 6.48 Å². The number of benzene rings is 6. The van der Waals surface area contributed by atoms with Crippen molar-refractivity contribution in [1.82, 2.24) is 0 Å². The first-order valence-electron chi connectivity index (χ1n) is 25.5. The molecule has 3 heteroatoms. The van der Waals surface area contributed by atoms with Crippen LogP contribution in [0.2, 0.25) is 0 Å². The monoisotopic (exact) mass is 883 g/mol. The van der Waals surface area contributed by atoms with Crippen molar-refractivity contribution < 1.29 is 0 Å². The highest BCUT2D eigenvalue weighted by molar-refractivity contribution is 7.00. The van der Waals surface area contributed by atoms with Crippen molar-refractivity contribution in [2.24, 2.45) is 0 Å². The SMILES string of the molecule is CC(C)(C)c1cc2c3c(c1)N(c1ccc4c(c1)C(C)(C)CC4(C)C)c1cc4c(cc1B3c1ccc(C(C)(C)c3ccccc3)cc1N2c1ccc2c(c1)C(C)(C)CC2(C)C)C(C)(C)CC4(C)C. The van der Waals surface area contributed by atoms with E-state index in [4.69, 9.17) is 0 Å². The normalized spacial score (nSPS) is 20.5. The quantitative estimate of drug-likeness (QED) is 0.163. The summed E-state index contributed by atoms with van der Waals surface area (Å²) in [7, 11) is 0. The van der Waals surface area contributed by atoms with Gasteiger partial charge in [-0.3, -0.25) is 0 Å². The van der Waals surface area contributed by atoms with Crippen LogP contribution in [-0.4, -0.2) is 6.71 Å². The summed E-state index contributed by atoms with van der Waals surface area (Å²) < 4.78 is 0. The van der Waals surface area contributed by atoms with Gasteiger partial charge in [-0.15, -0.1) is 0 Å². The van der Waals surface area contributed by atoms with Gasteiger partial charge in [0.05, 0.1) is 0 Å². The standard InChI is InChI=1S/C64H75BN2/c1-57(2,3)41-30-54-56-55(31-41)67(43-25-27-45-47(33-43)61(10,11)37-59(45,6)7)53-35-49-48(62(12,13)38-63(49,14)15)34-51(53)65(56)50-28-23-40(64(16,17)39-21-19-18-20-22-39)29-52(50)66(54)42-24-26-44-46(32-42)60(8,9)36-58(44,4)5/h18-35H,36-38H2,1-17H3. The second-order valence-corrected chi connectivity index (χ2v) is 27.3. The summed E-state index contributed by atoms with van der Waals surface area (Å²) in [5, 5.41) is 0.